The molecule has 0 unspecified atom stereocenters. The summed E-state index contributed by atoms with van der Waals surface area (Å²) in [5.41, 5.74) is 1.66. The molecule has 8 heteroatoms. The highest BCUT2D eigenvalue weighted by Crippen LogP contribution is 2.29. The minimum absolute atomic E-state index is 0.0570. The van der Waals surface area contributed by atoms with Crippen molar-refractivity contribution in [1.29, 1.82) is 0 Å². The average molecular weight is 439 g/mol. The molecule has 0 saturated carbocycles. The lowest BCUT2D eigenvalue weighted by Crippen LogP contribution is -2.43. The van der Waals surface area contributed by atoms with Crippen LogP contribution in [0.3, 0.4) is 0 Å². The van der Waals surface area contributed by atoms with E-state index in [1.165, 1.54) is 0 Å². The Kier molecular flexibility index (Phi) is 6.32. The first kappa shape index (κ1) is 21.1. The molecule has 4 rings (SSSR count). The Hall–Kier alpha value is -3.19. The van der Waals surface area contributed by atoms with Crippen LogP contribution >= 0.6 is 11.6 Å². The number of nitrogens with one attached hydrogen (secondary N) is 1. The molecule has 2 aromatic heterocycles. The van der Waals surface area contributed by atoms with Crippen molar-refractivity contribution in [2.75, 3.05) is 25.0 Å². The minimum atomic E-state index is -0.141. The summed E-state index contributed by atoms with van der Waals surface area (Å²) in [6.45, 7) is 2.89. The number of benzene rings is 1. The van der Waals surface area contributed by atoms with Crippen LogP contribution in [-0.4, -0.2) is 46.4 Å². The van der Waals surface area contributed by atoms with E-state index in [2.05, 4.69) is 15.3 Å². The SMILES string of the molecule is Cc1ccc(NC(=O)C2CCN(C(=O)COc3ccc(Cl)c4cccnc34)CC2)nc1. The van der Waals surface area contributed by atoms with Crippen molar-refractivity contribution in [3.05, 3.63) is 59.4 Å². The average Bonchev–Trinajstić information content (AvgIpc) is 2.80. The summed E-state index contributed by atoms with van der Waals surface area (Å²) in [5, 5.41) is 4.22. The van der Waals surface area contributed by atoms with E-state index in [-0.39, 0.29) is 24.3 Å². The number of rotatable bonds is 5. The third-order valence-corrected chi connectivity index (χ3v) is 5.74. The van der Waals surface area contributed by atoms with Crippen molar-refractivity contribution in [3.63, 3.8) is 0 Å². The molecule has 0 spiro atoms. The molecular weight excluding hydrogens is 416 g/mol. The number of halogens is 1. The Morgan fingerprint density at radius 1 is 1.16 bits per heavy atom. The van der Waals surface area contributed by atoms with E-state index in [1.54, 1.807) is 41.6 Å². The van der Waals surface area contributed by atoms with Gasteiger partial charge in [-0.1, -0.05) is 17.7 Å². The van der Waals surface area contributed by atoms with Crippen LogP contribution in [0.25, 0.3) is 10.9 Å². The summed E-state index contributed by atoms with van der Waals surface area (Å²) in [4.78, 5) is 35.4. The van der Waals surface area contributed by atoms with Crippen molar-refractivity contribution >= 4 is 40.1 Å². The second-order valence-electron chi connectivity index (χ2n) is 7.60. The first-order valence-electron chi connectivity index (χ1n) is 10.2. The number of hydrogen-bond acceptors (Lipinski definition) is 5. The van der Waals surface area contributed by atoms with Gasteiger partial charge in [-0.2, -0.15) is 0 Å². The van der Waals surface area contributed by atoms with Gasteiger partial charge in [0.15, 0.2) is 6.61 Å². The zero-order chi connectivity index (χ0) is 21.8. The number of hydrogen-bond donors (Lipinski definition) is 1. The first-order valence-corrected chi connectivity index (χ1v) is 10.6. The number of ether oxygens (including phenoxy) is 1. The van der Waals surface area contributed by atoms with E-state index in [1.807, 2.05) is 19.1 Å². The molecular formula is C23H23ClN4O3. The fraction of sp³-hybridized carbons (Fsp3) is 0.304. The largest absolute Gasteiger partial charge is 0.481 e. The van der Waals surface area contributed by atoms with Crippen LogP contribution in [0.1, 0.15) is 18.4 Å². The Morgan fingerprint density at radius 2 is 1.97 bits per heavy atom. The third-order valence-electron chi connectivity index (χ3n) is 5.41. The van der Waals surface area contributed by atoms with Crippen molar-refractivity contribution in [2.45, 2.75) is 19.8 Å². The number of anilines is 1. The highest BCUT2D eigenvalue weighted by Gasteiger charge is 2.27. The number of aromatic nitrogens is 2. The van der Waals surface area contributed by atoms with Gasteiger partial charge >= 0.3 is 0 Å². The molecule has 3 aromatic rings. The molecule has 1 N–H and O–H groups in total. The number of amides is 2. The van der Waals surface area contributed by atoms with Crippen molar-refractivity contribution in [3.8, 4) is 5.75 Å². The van der Waals surface area contributed by atoms with Crippen LogP contribution in [0.5, 0.6) is 5.75 Å². The van der Waals surface area contributed by atoms with E-state index in [0.717, 1.165) is 10.9 Å². The van der Waals surface area contributed by atoms with Gasteiger partial charge in [-0.3, -0.25) is 14.6 Å². The summed E-state index contributed by atoms with van der Waals surface area (Å²) >= 11 is 6.20. The number of nitrogens with zero attached hydrogens (tertiary/aromatic N) is 3. The fourth-order valence-electron chi connectivity index (χ4n) is 3.62. The fourth-order valence-corrected chi connectivity index (χ4v) is 3.84. The smallest absolute Gasteiger partial charge is 0.260 e. The van der Waals surface area contributed by atoms with Gasteiger partial charge in [0.2, 0.25) is 5.91 Å². The maximum absolute atomic E-state index is 12.6. The monoisotopic (exact) mass is 438 g/mol. The molecule has 0 aliphatic carbocycles. The number of pyridine rings is 2. The summed E-state index contributed by atoms with van der Waals surface area (Å²) < 4.78 is 5.75. The molecule has 3 heterocycles. The van der Waals surface area contributed by atoms with Crippen LogP contribution in [0.15, 0.2) is 48.8 Å². The standard InChI is InChI=1S/C23H23ClN4O3/c1-15-4-7-20(26-13-15)27-23(30)16-8-11-28(12-9-16)21(29)14-31-19-6-5-18(24)17-3-2-10-25-22(17)19/h2-7,10,13,16H,8-9,11-12,14H2,1H3,(H,26,27,30). The molecule has 0 radical (unpaired) electrons. The summed E-state index contributed by atoms with van der Waals surface area (Å²) in [5.74, 6) is 0.758. The van der Waals surface area contributed by atoms with E-state index < -0.39 is 0 Å². The number of piperidine rings is 1. The van der Waals surface area contributed by atoms with E-state index in [4.69, 9.17) is 16.3 Å². The van der Waals surface area contributed by atoms with Crippen LogP contribution in [-0.2, 0) is 9.59 Å². The molecule has 1 fully saturated rings. The third kappa shape index (κ3) is 4.94. The number of aryl methyl sites for hydroxylation is 1. The molecule has 160 valence electrons. The molecule has 1 aromatic carbocycles. The van der Waals surface area contributed by atoms with Gasteiger partial charge in [-0.25, -0.2) is 4.98 Å². The lowest BCUT2D eigenvalue weighted by molar-refractivity contribution is -0.136. The highest BCUT2D eigenvalue weighted by atomic mass is 35.5. The summed E-state index contributed by atoms with van der Waals surface area (Å²) in [6, 6.07) is 10.8. The predicted molar refractivity (Wildman–Crippen MR) is 119 cm³/mol. The Labute approximate surface area is 185 Å². The Bertz CT molecular complexity index is 1100. The maximum Gasteiger partial charge on any atom is 0.260 e. The summed E-state index contributed by atoms with van der Waals surface area (Å²) in [6.07, 6.45) is 4.59. The lowest BCUT2D eigenvalue weighted by Gasteiger charge is -2.31. The summed E-state index contributed by atoms with van der Waals surface area (Å²) in [7, 11) is 0. The number of fused-ring (bicyclic) bond motifs is 1. The quantitative estimate of drug-likeness (QED) is 0.654. The molecule has 1 aliphatic heterocycles. The number of likely N-dealkylation sites (tertiary alicyclic amines) is 1. The van der Waals surface area contributed by atoms with Gasteiger partial charge in [0.05, 0.1) is 5.02 Å². The topological polar surface area (TPSA) is 84.4 Å². The van der Waals surface area contributed by atoms with E-state index in [0.29, 0.717) is 48.0 Å². The molecule has 1 aliphatic rings. The van der Waals surface area contributed by atoms with Gasteiger partial charge in [0, 0.05) is 36.8 Å². The molecule has 2 amide bonds. The lowest BCUT2D eigenvalue weighted by atomic mass is 9.96. The van der Waals surface area contributed by atoms with E-state index >= 15 is 0 Å². The zero-order valence-electron chi connectivity index (χ0n) is 17.2. The van der Waals surface area contributed by atoms with Crippen LogP contribution in [0, 0.1) is 12.8 Å². The second kappa shape index (κ2) is 9.31. The normalized spacial score (nSPS) is 14.5. The van der Waals surface area contributed by atoms with Crippen LogP contribution in [0.4, 0.5) is 5.82 Å². The molecule has 1 saturated heterocycles. The van der Waals surface area contributed by atoms with Crippen molar-refractivity contribution < 1.29 is 14.3 Å². The van der Waals surface area contributed by atoms with Gasteiger partial charge in [0.1, 0.15) is 17.1 Å². The van der Waals surface area contributed by atoms with Gasteiger partial charge < -0.3 is 15.0 Å². The highest BCUT2D eigenvalue weighted by molar-refractivity contribution is 6.35. The van der Waals surface area contributed by atoms with Gasteiger partial charge in [-0.15, -0.1) is 0 Å². The number of carbonyl (C=O) groups excluding carboxylic acids is 2. The zero-order valence-corrected chi connectivity index (χ0v) is 17.9. The maximum atomic E-state index is 12.6. The first-order chi connectivity index (χ1) is 15.0. The Morgan fingerprint density at radius 3 is 2.71 bits per heavy atom. The van der Waals surface area contributed by atoms with E-state index in [9.17, 15) is 9.59 Å². The van der Waals surface area contributed by atoms with Crippen molar-refractivity contribution in [2.24, 2.45) is 5.92 Å². The molecule has 31 heavy (non-hydrogen) atoms. The van der Waals surface area contributed by atoms with Crippen LogP contribution < -0.4 is 10.1 Å². The van der Waals surface area contributed by atoms with Gasteiger partial charge in [-0.05, 0) is 55.7 Å². The Balaban J connectivity index is 1.29. The van der Waals surface area contributed by atoms with Crippen LogP contribution in [0.2, 0.25) is 5.02 Å². The second-order valence-corrected chi connectivity index (χ2v) is 8.01. The van der Waals surface area contributed by atoms with Gasteiger partial charge in [0.25, 0.3) is 5.91 Å². The molecule has 0 atom stereocenters. The predicted octanol–water partition coefficient (Wildman–Crippen LogP) is 3.85. The molecule has 0 bridgehead atoms. The minimum Gasteiger partial charge on any atom is -0.481 e. The molecule has 7 nitrogen and oxygen atoms in total. The van der Waals surface area contributed by atoms with Crippen molar-refractivity contribution in [1.82, 2.24) is 14.9 Å². The number of carbonyl (C=O) groups is 2.